The van der Waals surface area contributed by atoms with Crippen LogP contribution in [-0.2, 0) is 0 Å². The van der Waals surface area contributed by atoms with Crippen molar-refractivity contribution in [3.05, 3.63) is 34.9 Å². The van der Waals surface area contributed by atoms with Gasteiger partial charge < -0.3 is 10.0 Å². The van der Waals surface area contributed by atoms with Crippen molar-refractivity contribution in [3.63, 3.8) is 0 Å². The summed E-state index contributed by atoms with van der Waals surface area (Å²) >= 11 is 5.89. The lowest BCUT2D eigenvalue weighted by atomic mass is 9.80. The molecule has 4 atom stereocenters. The average Bonchev–Trinajstić information content (AvgIpc) is 3.10. The van der Waals surface area contributed by atoms with E-state index in [2.05, 4.69) is 6.92 Å². The van der Waals surface area contributed by atoms with Crippen molar-refractivity contribution in [1.29, 1.82) is 0 Å². The second-order valence-electron chi connectivity index (χ2n) is 6.84. The molecule has 1 aromatic carbocycles. The summed E-state index contributed by atoms with van der Waals surface area (Å²) in [5.41, 5.74) is 0.647. The summed E-state index contributed by atoms with van der Waals surface area (Å²) in [6, 6.07) is 7.01. The van der Waals surface area contributed by atoms with E-state index in [1.807, 2.05) is 4.90 Å². The highest BCUT2D eigenvalue weighted by atomic mass is 35.5. The largest absolute Gasteiger partial charge is 0.395 e. The Hall–Kier alpha value is -1.06. The van der Waals surface area contributed by atoms with Gasteiger partial charge in [-0.3, -0.25) is 4.79 Å². The zero-order valence-electron chi connectivity index (χ0n) is 13.0. The maximum atomic E-state index is 12.7. The third-order valence-electron chi connectivity index (χ3n) is 5.72. The number of carbonyl (C=O) groups excluding carboxylic acids is 1. The number of benzene rings is 1. The molecule has 2 bridgehead atoms. The minimum atomic E-state index is 0.000639. The third-order valence-corrected chi connectivity index (χ3v) is 5.97. The fourth-order valence-electron chi connectivity index (χ4n) is 4.44. The summed E-state index contributed by atoms with van der Waals surface area (Å²) in [6.45, 7) is 3.51. The van der Waals surface area contributed by atoms with E-state index in [-0.39, 0.29) is 12.5 Å². The molecule has 0 aromatic heterocycles. The summed E-state index contributed by atoms with van der Waals surface area (Å²) in [5.74, 6) is 2.89. The van der Waals surface area contributed by atoms with E-state index in [9.17, 15) is 9.90 Å². The Balaban J connectivity index is 1.72. The molecule has 120 valence electrons. The fourth-order valence-corrected chi connectivity index (χ4v) is 4.57. The van der Waals surface area contributed by atoms with Gasteiger partial charge in [0.05, 0.1) is 6.61 Å². The predicted octanol–water partition coefficient (Wildman–Crippen LogP) is 3.46. The summed E-state index contributed by atoms with van der Waals surface area (Å²) in [4.78, 5) is 14.5. The molecule has 1 N–H and O–H groups in total. The van der Waals surface area contributed by atoms with E-state index in [1.54, 1.807) is 24.3 Å². The van der Waals surface area contributed by atoms with Crippen molar-refractivity contribution in [1.82, 2.24) is 4.90 Å². The van der Waals surface area contributed by atoms with Crippen LogP contribution in [0.5, 0.6) is 0 Å². The molecule has 3 rings (SSSR count). The Morgan fingerprint density at radius 3 is 2.55 bits per heavy atom. The minimum absolute atomic E-state index is 0.000639. The number of fused-ring (bicyclic) bond motifs is 2. The van der Waals surface area contributed by atoms with Crippen LogP contribution >= 0.6 is 11.6 Å². The van der Waals surface area contributed by atoms with Crippen molar-refractivity contribution in [2.24, 2.45) is 23.7 Å². The lowest BCUT2D eigenvalue weighted by Gasteiger charge is -2.33. The highest BCUT2D eigenvalue weighted by Crippen LogP contribution is 2.52. The quantitative estimate of drug-likeness (QED) is 0.902. The van der Waals surface area contributed by atoms with Gasteiger partial charge in [-0.1, -0.05) is 18.5 Å². The fraction of sp³-hybridized carbons (Fsp3) is 0.611. The second-order valence-corrected chi connectivity index (χ2v) is 7.27. The number of amides is 1. The lowest BCUT2D eigenvalue weighted by molar-refractivity contribution is 0.0633. The van der Waals surface area contributed by atoms with Crippen LogP contribution in [0.1, 0.15) is 36.5 Å². The summed E-state index contributed by atoms with van der Waals surface area (Å²) < 4.78 is 0. The number of carbonyl (C=O) groups is 1. The van der Waals surface area contributed by atoms with Crippen molar-refractivity contribution in [2.75, 3.05) is 19.7 Å². The monoisotopic (exact) mass is 321 g/mol. The van der Waals surface area contributed by atoms with Crippen LogP contribution in [0, 0.1) is 23.7 Å². The summed E-state index contributed by atoms with van der Waals surface area (Å²) in [7, 11) is 0. The van der Waals surface area contributed by atoms with Gasteiger partial charge in [0, 0.05) is 23.7 Å². The molecule has 4 heteroatoms. The molecule has 3 nitrogen and oxygen atoms in total. The smallest absolute Gasteiger partial charge is 0.253 e. The second kappa shape index (κ2) is 6.59. The summed E-state index contributed by atoms with van der Waals surface area (Å²) in [6.07, 6.45) is 3.99. The van der Waals surface area contributed by atoms with Crippen LogP contribution in [0.3, 0.4) is 0 Å². The molecule has 22 heavy (non-hydrogen) atoms. The van der Waals surface area contributed by atoms with Crippen molar-refractivity contribution < 1.29 is 9.90 Å². The number of hydrogen-bond donors (Lipinski definition) is 1. The first kappa shape index (κ1) is 15.8. The van der Waals surface area contributed by atoms with Crippen LogP contribution in [0.15, 0.2) is 24.3 Å². The molecule has 0 aliphatic heterocycles. The number of hydrogen-bond acceptors (Lipinski definition) is 2. The Morgan fingerprint density at radius 2 is 1.95 bits per heavy atom. The maximum Gasteiger partial charge on any atom is 0.253 e. The third kappa shape index (κ3) is 3.02. The standard InChI is InChI=1S/C18H24ClNO2/c1-12-14-2-3-15(10-14)17(12)11-20(8-9-21)18(22)13-4-6-16(19)7-5-13/h4-7,12,14-15,17,21H,2-3,8-11H2,1H3/t12-,14+,15-,17+/m1/s1. The van der Waals surface area contributed by atoms with Gasteiger partial charge in [-0.25, -0.2) is 0 Å². The van der Waals surface area contributed by atoms with Crippen LogP contribution < -0.4 is 0 Å². The van der Waals surface area contributed by atoms with Crippen LogP contribution in [0.2, 0.25) is 5.02 Å². The first-order chi connectivity index (χ1) is 10.6. The minimum Gasteiger partial charge on any atom is -0.395 e. The number of aliphatic hydroxyl groups excluding tert-OH is 1. The van der Waals surface area contributed by atoms with Crippen molar-refractivity contribution >= 4 is 17.5 Å². The Bertz CT molecular complexity index is 528. The molecule has 1 aromatic rings. The zero-order valence-corrected chi connectivity index (χ0v) is 13.8. The van der Waals surface area contributed by atoms with Gasteiger partial charge in [0.25, 0.3) is 5.91 Å². The van der Waals surface area contributed by atoms with Gasteiger partial charge in [0.15, 0.2) is 0 Å². The first-order valence-corrected chi connectivity index (χ1v) is 8.63. The van der Waals surface area contributed by atoms with Gasteiger partial charge in [0.1, 0.15) is 0 Å². The maximum absolute atomic E-state index is 12.7. The molecule has 2 aliphatic rings. The Labute approximate surface area is 137 Å². The van der Waals surface area contributed by atoms with Gasteiger partial charge in [-0.05, 0) is 67.2 Å². The molecular formula is C18H24ClNO2. The van der Waals surface area contributed by atoms with Gasteiger partial charge >= 0.3 is 0 Å². The van der Waals surface area contributed by atoms with E-state index in [0.29, 0.717) is 29.0 Å². The zero-order chi connectivity index (χ0) is 15.7. The number of rotatable bonds is 5. The van der Waals surface area contributed by atoms with Crippen molar-refractivity contribution in [3.8, 4) is 0 Å². The highest BCUT2D eigenvalue weighted by Gasteiger charge is 2.45. The van der Waals surface area contributed by atoms with Gasteiger partial charge in [-0.15, -0.1) is 0 Å². The van der Waals surface area contributed by atoms with Crippen LogP contribution in [0.4, 0.5) is 0 Å². The average molecular weight is 322 g/mol. The highest BCUT2D eigenvalue weighted by molar-refractivity contribution is 6.30. The molecule has 0 spiro atoms. The lowest BCUT2D eigenvalue weighted by Crippen LogP contribution is -2.40. The molecule has 0 heterocycles. The molecule has 0 radical (unpaired) electrons. The SMILES string of the molecule is C[C@@H]1[C@H]2CC[C@H](C2)[C@H]1CN(CCO)C(=O)c1ccc(Cl)cc1. The Morgan fingerprint density at radius 1 is 1.27 bits per heavy atom. The summed E-state index contributed by atoms with van der Waals surface area (Å²) in [5, 5.41) is 9.96. The molecule has 1 amide bonds. The molecule has 2 fully saturated rings. The van der Waals surface area contributed by atoms with E-state index in [0.717, 1.165) is 18.4 Å². The van der Waals surface area contributed by atoms with Gasteiger partial charge in [0.2, 0.25) is 0 Å². The number of halogens is 1. The van der Waals surface area contributed by atoms with Crippen molar-refractivity contribution in [2.45, 2.75) is 26.2 Å². The molecule has 2 saturated carbocycles. The van der Waals surface area contributed by atoms with Gasteiger partial charge in [-0.2, -0.15) is 0 Å². The number of nitrogens with zero attached hydrogens (tertiary/aromatic N) is 1. The first-order valence-electron chi connectivity index (χ1n) is 8.26. The van der Waals surface area contributed by atoms with E-state index in [4.69, 9.17) is 11.6 Å². The molecule has 0 saturated heterocycles. The molecule has 2 aliphatic carbocycles. The molecular weight excluding hydrogens is 298 g/mol. The predicted molar refractivity (Wildman–Crippen MR) is 87.9 cm³/mol. The van der Waals surface area contributed by atoms with E-state index >= 15 is 0 Å². The Kier molecular flexibility index (Phi) is 4.74. The van der Waals surface area contributed by atoms with Crippen LogP contribution in [0.25, 0.3) is 0 Å². The number of aliphatic hydroxyl groups is 1. The normalized spacial score (nSPS) is 29.8. The molecule has 0 unspecified atom stereocenters. The topological polar surface area (TPSA) is 40.5 Å². The van der Waals surface area contributed by atoms with Crippen LogP contribution in [-0.4, -0.2) is 35.6 Å². The van der Waals surface area contributed by atoms with E-state index in [1.165, 1.54) is 19.3 Å². The van der Waals surface area contributed by atoms with E-state index < -0.39 is 0 Å².